The zero-order valence-corrected chi connectivity index (χ0v) is 20.1. The van der Waals surface area contributed by atoms with E-state index in [1.807, 2.05) is 0 Å². The van der Waals surface area contributed by atoms with Crippen LogP contribution in [0.1, 0.15) is 92.4 Å². The molecule has 0 spiro atoms. The fraction of sp³-hybridized carbons (Fsp3) is 0.852. The third-order valence-corrected chi connectivity index (χ3v) is 10.3. The Labute approximate surface area is 187 Å². The van der Waals surface area contributed by atoms with Crippen LogP contribution in [-0.2, 0) is 9.59 Å². The van der Waals surface area contributed by atoms with Gasteiger partial charge in [0, 0.05) is 24.2 Å². The molecule has 0 aromatic heterocycles. The zero-order chi connectivity index (χ0) is 22.8. The maximum Gasteiger partial charge on any atom is 0.159 e. The third-order valence-electron chi connectivity index (χ3n) is 10.3. The molecule has 0 saturated heterocycles. The van der Waals surface area contributed by atoms with Crippen molar-refractivity contribution in [2.45, 2.75) is 104 Å². The second-order valence-electron chi connectivity index (χ2n) is 12.2. The summed E-state index contributed by atoms with van der Waals surface area (Å²) in [5, 5.41) is 23.1. The number of fused-ring (bicyclic) bond motifs is 5. The van der Waals surface area contributed by atoms with Crippen molar-refractivity contribution in [2.75, 3.05) is 0 Å². The summed E-state index contributed by atoms with van der Waals surface area (Å²) in [5.74, 6) is 1.17. The Balaban J connectivity index is 1.64. The summed E-state index contributed by atoms with van der Waals surface area (Å²) in [7, 11) is 0. The van der Waals surface area contributed by atoms with Crippen LogP contribution in [-0.4, -0.2) is 33.5 Å². The zero-order valence-electron chi connectivity index (χ0n) is 20.1. The molecule has 0 radical (unpaired) electrons. The van der Waals surface area contributed by atoms with Crippen LogP contribution in [0.3, 0.4) is 0 Å². The molecule has 4 aliphatic carbocycles. The van der Waals surface area contributed by atoms with Crippen LogP contribution in [0.4, 0.5) is 0 Å². The number of allylic oxidation sites excluding steroid dienone is 1. The first-order valence-electron chi connectivity index (χ1n) is 12.6. The molecule has 31 heavy (non-hydrogen) atoms. The Hall–Kier alpha value is -1.00. The second kappa shape index (κ2) is 7.80. The van der Waals surface area contributed by atoms with E-state index in [2.05, 4.69) is 34.6 Å². The molecule has 0 aromatic carbocycles. The minimum Gasteiger partial charge on any atom is -0.393 e. The van der Waals surface area contributed by atoms with Crippen molar-refractivity contribution in [1.82, 2.24) is 0 Å². The number of hydrogen-bond acceptors (Lipinski definition) is 4. The van der Waals surface area contributed by atoms with Crippen molar-refractivity contribution in [3.63, 3.8) is 0 Å². The van der Waals surface area contributed by atoms with Gasteiger partial charge in [-0.3, -0.25) is 9.59 Å². The molecule has 0 amide bonds. The second-order valence-corrected chi connectivity index (χ2v) is 12.2. The highest BCUT2D eigenvalue weighted by molar-refractivity contribution is 5.98. The van der Waals surface area contributed by atoms with Crippen molar-refractivity contribution in [1.29, 1.82) is 0 Å². The van der Waals surface area contributed by atoms with Crippen LogP contribution in [0, 0.1) is 40.4 Å². The highest BCUT2D eigenvalue weighted by Crippen LogP contribution is 2.68. The highest BCUT2D eigenvalue weighted by atomic mass is 16.3. The number of aliphatic hydroxyl groups excluding tert-OH is 1. The Morgan fingerprint density at radius 1 is 1.03 bits per heavy atom. The lowest BCUT2D eigenvalue weighted by atomic mass is 9.46. The monoisotopic (exact) mass is 430 g/mol. The largest absolute Gasteiger partial charge is 0.393 e. The summed E-state index contributed by atoms with van der Waals surface area (Å²) in [6.07, 6.45) is 8.34. The number of carbonyl (C=O) groups is 2. The molecule has 0 aromatic rings. The van der Waals surface area contributed by atoms with E-state index in [-0.39, 0.29) is 52.2 Å². The van der Waals surface area contributed by atoms with E-state index >= 15 is 0 Å². The first kappa shape index (κ1) is 23.2. The van der Waals surface area contributed by atoms with Gasteiger partial charge in [-0.05, 0) is 85.7 Å². The first-order chi connectivity index (χ1) is 14.4. The van der Waals surface area contributed by atoms with Gasteiger partial charge in [-0.25, -0.2) is 0 Å². The number of Topliss-reactive ketones (excluding diaryl/α,β-unsaturated/α-hetero) is 1. The van der Waals surface area contributed by atoms with Gasteiger partial charge in [-0.2, -0.15) is 0 Å². The smallest absolute Gasteiger partial charge is 0.159 e. The molecule has 4 rings (SSSR count). The SMILES string of the molecule is CC(C)CC[C@@H](O)[C@@H](C)[C@H]1CC[C@@]2(O)C3=CC(=O)[C@@H]4CC(=O)CC[C@]4(C)[C@H]3CC[C@]12C. The molecule has 4 nitrogen and oxygen atoms in total. The summed E-state index contributed by atoms with van der Waals surface area (Å²) in [6, 6.07) is 0. The van der Waals surface area contributed by atoms with Gasteiger partial charge in [0.25, 0.3) is 0 Å². The maximum atomic E-state index is 13.2. The Morgan fingerprint density at radius 3 is 2.42 bits per heavy atom. The molecule has 174 valence electrons. The number of aliphatic hydroxyl groups is 2. The molecule has 0 bridgehead atoms. The average molecular weight is 431 g/mol. The molecule has 2 N–H and O–H groups in total. The summed E-state index contributed by atoms with van der Waals surface area (Å²) in [6.45, 7) is 10.9. The van der Waals surface area contributed by atoms with Gasteiger partial charge >= 0.3 is 0 Å². The molecule has 3 saturated carbocycles. The molecule has 3 fully saturated rings. The molecule has 0 heterocycles. The van der Waals surface area contributed by atoms with Gasteiger partial charge in [-0.15, -0.1) is 0 Å². The van der Waals surface area contributed by atoms with Crippen LogP contribution < -0.4 is 0 Å². The van der Waals surface area contributed by atoms with E-state index in [4.69, 9.17) is 0 Å². The molecule has 4 aliphatic rings. The van der Waals surface area contributed by atoms with E-state index in [1.165, 1.54) is 0 Å². The number of hydrogen-bond donors (Lipinski definition) is 2. The Kier molecular flexibility index (Phi) is 5.83. The Bertz CT molecular complexity index is 784. The maximum absolute atomic E-state index is 13.2. The lowest BCUT2D eigenvalue weighted by molar-refractivity contribution is -0.144. The topological polar surface area (TPSA) is 74.6 Å². The number of rotatable bonds is 5. The standard InChI is InChI=1S/C27H42O4/c1-16(2)6-7-23(29)17(3)19-10-13-27(31)21-15-24(30)22-14-18(28)8-11-25(22,4)20(21)9-12-26(19,27)5/h15-17,19-20,22-23,29,31H,6-14H2,1-5H3/t17-,19+,20-,22-,23+,25+,26+,27+/m0/s1. The van der Waals surface area contributed by atoms with Gasteiger partial charge in [0.05, 0.1) is 11.7 Å². The number of ketones is 2. The normalized spacial score (nSPS) is 44.4. The molecular weight excluding hydrogens is 388 g/mol. The predicted molar refractivity (Wildman–Crippen MR) is 121 cm³/mol. The van der Waals surface area contributed by atoms with Crippen LogP contribution in [0.2, 0.25) is 0 Å². The van der Waals surface area contributed by atoms with Crippen molar-refractivity contribution < 1.29 is 19.8 Å². The number of carbonyl (C=O) groups excluding carboxylic acids is 2. The molecule has 0 unspecified atom stereocenters. The quantitative estimate of drug-likeness (QED) is 0.653. The van der Waals surface area contributed by atoms with Gasteiger partial charge < -0.3 is 10.2 Å². The summed E-state index contributed by atoms with van der Waals surface area (Å²) in [5.41, 5.74) is -0.558. The lowest BCUT2D eigenvalue weighted by Crippen LogP contribution is -2.59. The van der Waals surface area contributed by atoms with E-state index in [0.717, 1.165) is 44.1 Å². The Morgan fingerprint density at radius 2 is 1.74 bits per heavy atom. The van der Waals surface area contributed by atoms with Crippen LogP contribution in [0.15, 0.2) is 11.6 Å². The first-order valence-corrected chi connectivity index (χ1v) is 12.6. The van der Waals surface area contributed by atoms with Gasteiger partial charge in [0.1, 0.15) is 5.78 Å². The average Bonchev–Trinajstić information content (AvgIpc) is 2.99. The highest BCUT2D eigenvalue weighted by Gasteiger charge is 2.66. The van der Waals surface area contributed by atoms with E-state index < -0.39 is 5.60 Å². The summed E-state index contributed by atoms with van der Waals surface area (Å²) >= 11 is 0. The minimum absolute atomic E-state index is 0.0490. The molecule has 4 heteroatoms. The molecule has 8 atom stereocenters. The lowest BCUT2D eigenvalue weighted by Gasteiger charge is -2.59. The van der Waals surface area contributed by atoms with E-state index in [0.29, 0.717) is 25.2 Å². The minimum atomic E-state index is -0.974. The van der Waals surface area contributed by atoms with Crippen LogP contribution in [0.25, 0.3) is 0 Å². The van der Waals surface area contributed by atoms with Gasteiger partial charge in [0.15, 0.2) is 5.78 Å². The third kappa shape index (κ3) is 3.39. The van der Waals surface area contributed by atoms with Crippen molar-refractivity contribution in [3.8, 4) is 0 Å². The predicted octanol–water partition coefficient (Wildman–Crippen LogP) is 4.86. The van der Waals surface area contributed by atoms with Crippen LogP contribution >= 0.6 is 0 Å². The summed E-state index contributed by atoms with van der Waals surface area (Å²) < 4.78 is 0. The van der Waals surface area contributed by atoms with Crippen molar-refractivity contribution >= 4 is 11.6 Å². The summed E-state index contributed by atoms with van der Waals surface area (Å²) in [4.78, 5) is 25.3. The fourth-order valence-corrected chi connectivity index (χ4v) is 8.05. The molecular formula is C27H42O4. The van der Waals surface area contributed by atoms with Crippen molar-refractivity contribution in [3.05, 3.63) is 11.6 Å². The van der Waals surface area contributed by atoms with E-state index in [1.54, 1.807) is 6.08 Å². The van der Waals surface area contributed by atoms with Crippen molar-refractivity contribution in [2.24, 2.45) is 40.4 Å². The molecule has 0 aliphatic heterocycles. The fourth-order valence-electron chi connectivity index (χ4n) is 8.05. The van der Waals surface area contributed by atoms with Gasteiger partial charge in [-0.1, -0.05) is 34.6 Å². The van der Waals surface area contributed by atoms with Crippen LogP contribution in [0.5, 0.6) is 0 Å². The van der Waals surface area contributed by atoms with Gasteiger partial charge in [0.2, 0.25) is 0 Å². The van der Waals surface area contributed by atoms with E-state index in [9.17, 15) is 19.8 Å².